The largest absolute Gasteiger partial charge is 0.309 e. The van der Waals surface area contributed by atoms with Crippen LogP contribution in [0.25, 0.3) is 0 Å². The molecule has 0 aromatic heterocycles. The minimum absolute atomic E-state index is 0.0655. The Hall–Kier alpha value is -2.16. The maximum atomic E-state index is 13.6. The summed E-state index contributed by atoms with van der Waals surface area (Å²) in [6, 6.07) is 14.8. The van der Waals surface area contributed by atoms with Crippen LogP contribution in [0.15, 0.2) is 48.5 Å². The highest BCUT2D eigenvalue weighted by Gasteiger charge is 2.30. The van der Waals surface area contributed by atoms with Crippen molar-refractivity contribution in [3.63, 3.8) is 0 Å². The van der Waals surface area contributed by atoms with Gasteiger partial charge in [0.15, 0.2) is 0 Å². The lowest BCUT2D eigenvalue weighted by Crippen LogP contribution is -2.35. The molecule has 108 valence electrons. The third-order valence-electron chi connectivity index (χ3n) is 4.04. The molecule has 0 N–H and O–H groups in total. The zero-order valence-corrected chi connectivity index (χ0v) is 12.1. The highest BCUT2D eigenvalue weighted by Crippen LogP contribution is 2.32. The molecule has 0 fully saturated rings. The van der Waals surface area contributed by atoms with Crippen LogP contribution in [0, 0.1) is 5.82 Å². The summed E-state index contributed by atoms with van der Waals surface area (Å²) in [6.45, 7) is 2.06. The van der Waals surface area contributed by atoms with Crippen molar-refractivity contribution in [2.75, 3.05) is 4.90 Å². The van der Waals surface area contributed by atoms with E-state index in [0.29, 0.717) is 18.4 Å². The highest BCUT2D eigenvalue weighted by atomic mass is 19.1. The fourth-order valence-corrected chi connectivity index (χ4v) is 3.01. The maximum Gasteiger partial charge on any atom is 0.227 e. The van der Waals surface area contributed by atoms with Crippen LogP contribution in [0.3, 0.4) is 0 Å². The number of halogens is 1. The molecule has 0 radical (unpaired) electrons. The standard InChI is InChI=1S/C18H18FNO/c1-13-12-15-7-3-5-9-17(15)20(13)18(21)11-10-14-6-2-4-8-16(14)19/h2-9,13H,10-12H2,1H3/t13-/m1/s1. The number of carbonyl (C=O) groups excluding carboxylic acids is 1. The molecule has 1 heterocycles. The molecule has 0 bridgehead atoms. The molecule has 21 heavy (non-hydrogen) atoms. The summed E-state index contributed by atoms with van der Waals surface area (Å²) in [4.78, 5) is 14.4. The second kappa shape index (κ2) is 5.68. The molecule has 0 spiro atoms. The number of fused-ring (bicyclic) bond motifs is 1. The fourth-order valence-electron chi connectivity index (χ4n) is 3.01. The topological polar surface area (TPSA) is 20.3 Å². The van der Waals surface area contributed by atoms with Crippen LogP contribution in [0.1, 0.15) is 24.5 Å². The first-order valence-corrected chi connectivity index (χ1v) is 7.30. The lowest BCUT2D eigenvalue weighted by atomic mass is 10.1. The summed E-state index contributed by atoms with van der Waals surface area (Å²) in [7, 11) is 0. The predicted octanol–water partition coefficient (Wildman–Crippen LogP) is 3.74. The van der Waals surface area contributed by atoms with Crippen LogP contribution < -0.4 is 4.90 Å². The zero-order chi connectivity index (χ0) is 14.8. The Labute approximate surface area is 124 Å². The third-order valence-corrected chi connectivity index (χ3v) is 4.04. The Morgan fingerprint density at radius 2 is 1.90 bits per heavy atom. The van der Waals surface area contributed by atoms with Gasteiger partial charge < -0.3 is 4.90 Å². The highest BCUT2D eigenvalue weighted by molar-refractivity contribution is 5.96. The van der Waals surface area contributed by atoms with Gasteiger partial charge in [-0.15, -0.1) is 0 Å². The monoisotopic (exact) mass is 283 g/mol. The molecule has 2 nitrogen and oxygen atoms in total. The van der Waals surface area contributed by atoms with E-state index in [-0.39, 0.29) is 17.8 Å². The molecular weight excluding hydrogens is 265 g/mol. The average Bonchev–Trinajstić information content (AvgIpc) is 2.82. The van der Waals surface area contributed by atoms with E-state index in [2.05, 4.69) is 13.0 Å². The first-order chi connectivity index (χ1) is 10.2. The molecule has 1 aliphatic rings. The first-order valence-electron chi connectivity index (χ1n) is 7.30. The SMILES string of the molecule is C[C@@H]1Cc2ccccc2N1C(=O)CCc1ccccc1F. The van der Waals surface area contributed by atoms with Gasteiger partial charge >= 0.3 is 0 Å². The fraction of sp³-hybridized carbons (Fsp3) is 0.278. The number of hydrogen-bond donors (Lipinski definition) is 0. The van der Waals surface area contributed by atoms with Gasteiger partial charge in [0.2, 0.25) is 5.91 Å². The number of carbonyl (C=O) groups is 1. The van der Waals surface area contributed by atoms with Crippen LogP contribution in [-0.2, 0) is 17.6 Å². The van der Waals surface area contributed by atoms with E-state index in [1.807, 2.05) is 23.1 Å². The molecule has 0 saturated heterocycles. The second-order valence-electron chi connectivity index (χ2n) is 5.54. The Kier molecular flexibility index (Phi) is 3.74. The van der Waals surface area contributed by atoms with Crippen LogP contribution >= 0.6 is 0 Å². The van der Waals surface area contributed by atoms with Crippen molar-refractivity contribution < 1.29 is 9.18 Å². The molecule has 0 aliphatic carbocycles. The number of anilines is 1. The molecule has 1 amide bonds. The van der Waals surface area contributed by atoms with Gasteiger partial charge in [-0.2, -0.15) is 0 Å². The van der Waals surface area contributed by atoms with E-state index >= 15 is 0 Å². The van der Waals surface area contributed by atoms with Gasteiger partial charge in [0.1, 0.15) is 5.82 Å². The van der Waals surface area contributed by atoms with Gasteiger partial charge in [0, 0.05) is 18.2 Å². The Morgan fingerprint density at radius 1 is 1.19 bits per heavy atom. The van der Waals surface area contributed by atoms with E-state index in [4.69, 9.17) is 0 Å². The van der Waals surface area contributed by atoms with E-state index < -0.39 is 0 Å². The molecule has 3 rings (SSSR count). The number of aryl methyl sites for hydroxylation is 1. The van der Waals surface area contributed by atoms with E-state index in [1.54, 1.807) is 18.2 Å². The van der Waals surface area contributed by atoms with Crippen molar-refractivity contribution in [2.24, 2.45) is 0 Å². The lowest BCUT2D eigenvalue weighted by Gasteiger charge is -2.22. The second-order valence-corrected chi connectivity index (χ2v) is 5.54. The van der Waals surface area contributed by atoms with Crippen LogP contribution in [0.5, 0.6) is 0 Å². The molecule has 0 unspecified atom stereocenters. The van der Waals surface area contributed by atoms with Gasteiger partial charge in [-0.25, -0.2) is 4.39 Å². The van der Waals surface area contributed by atoms with Crippen molar-refractivity contribution in [2.45, 2.75) is 32.2 Å². The molecule has 0 saturated carbocycles. The Morgan fingerprint density at radius 3 is 2.71 bits per heavy atom. The number of para-hydroxylation sites is 1. The van der Waals surface area contributed by atoms with Gasteiger partial charge in [-0.1, -0.05) is 36.4 Å². The Bertz CT molecular complexity index is 668. The summed E-state index contributed by atoms with van der Waals surface area (Å²) in [5.41, 5.74) is 2.82. The minimum atomic E-state index is -0.236. The average molecular weight is 283 g/mol. The summed E-state index contributed by atoms with van der Waals surface area (Å²) in [5, 5.41) is 0. The maximum absolute atomic E-state index is 13.6. The molecule has 2 aromatic carbocycles. The van der Waals surface area contributed by atoms with E-state index in [0.717, 1.165) is 12.1 Å². The van der Waals surface area contributed by atoms with E-state index in [1.165, 1.54) is 11.6 Å². The lowest BCUT2D eigenvalue weighted by molar-refractivity contribution is -0.118. The van der Waals surface area contributed by atoms with Crippen molar-refractivity contribution in [1.82, 2.24) is 0 Å². The van der Waals surface area contributed by atoms with Gasteiger partial charge in [-0.3, -0.25) is 4.79 Å². The number of amides is 1. The van der Waals surface area contributed by atoms with Gasteiger partial charge in [0.25, 0.3) is 0 Å². The van der Waals surface area contributed by atoms with Crippen molar-refractivity contribution in [3.8, 4) is 0 Å². The van der Waals surface area contributed by atoms with Crippen LogP contribution in [-0.4, -0.2) is 11.9 Å². The normalized spacial score (nSPS) is 16.9. The number of benzene rings is 2. The summed E-state index contributed by atoms with van der Waals surface area (Å²) in [5.74, 6) is -0.170. The Balaban J connectivity index is 1.73. The molecule has 1 aliphatic heterocycles. The summed E-state index contributed by atoms with van der Waals surface area (Å²) in [6.07, 6.45) is 1.66. The number of hydrogen-bond acceptors (Lipinski definition) is 1. The zero-order valence-electron chi connectivity index (χ0n) is 12.1. The number of rotatable bonds is 3. The van der Waals surface area contributed by atoms with Crippen molar-refractivity contribution in [3.05, 3.63) is 65.5 Å². The van der Waals surface area contributed by atoms with Crippen molar-refractivity contribution >= 4 is 11.6 Å². The quantitative estimate of drug-likeness (QED) is 0.840. The third kappa shape index (κ3) is 2.68. The minimum Gasteiger partial charge on any atom is -0.309 e. The van der Waals surface area contributed by atoms with Gasteiger partial charge in [0.05, 0.1) is 0 Å². The first kappa shape index (κ1) is 13.8. The molecule has 2 aromatic rings. The predicted molar refractivity (Wildman–Crippen MR) is 81.8 cm³/mol. The molecule has 1 atom stereocenters. The summed E-state index contributed by atoms with van der Waals surface area (Å²) >= 11 is 0. The molecule has 3 heteroatoms. The molecular formula is C18H18FNO. The van der Waals surface area contributed by atoms with Crippen LogP contribution in [0.4, 0.5) is 10.1 Å². The summed E-state index contributed by atoms with van der Waals surface area (Å²) < 4.78 is 13.6. The van der Waals surface area contributed by atoms with Crippen molar-refractivity contribution in [1.29, 1.82) is 0 Å². The number of nitrogens with zero attached hydrogens (tertiary/aromatic N) is 1. The van der Waals surface area contributed by atoms with E-state index in [9.17, 15) is 9.18 Å². The van der Waals surface area contributed by atoms with Crippen LogP contribution in [0.2, 0.25) is 0 Å². The van der Waals surface area contributed by atoms with Gasteiger partial charge in [-0.05, 0) is 43.0 Å². The smallest absolute Gasteiger partial charge is 0.227 e.